The highest BCUT2D eigenvalue weighted by atomic mass is 16.2. The quantitative estimate of drug-likeness (QED) is 0.723. The zero-order valence-electron chi connectivity index (χ0n) is 12.8. The standard InChI is InChI=1S/C15H17N5O2/c1-4-19-11-13(17-12(19)10-8-6-7-9-16-10)20(5-2)15(22)18(3)14(11)21/h6-9H,4-5H2,1-3H3. The molecule has 0 aliphatic heterocycles. The van der Waals surface area contributed by atoms with Crippen LogP contribution in [0.2, 0.25) is 0 Å². The third kappa shape index (κ3) is 1.89. The van der Waals surface area contributed by atoms with E-state index in [0.717, 1.165) is 4.57 Å². The molecule has 0 aromatic carbocycles. The van der Waals surface area contributed by atoms with Crippen LogP contribution in [0.3, 0.4) is 0 Å². The molecule has 0 N–H and O–H groups in total. The minimum atomic E-state index is -0.353. The van der Waals surface area contributed by atoms with Crippen molar-refractivity contribution in [2.24, 2.45) is 7.05 Å². The zero-order chi connectivity index (χ0) is 15.9. The number of nitrogens with zero attached hydrogens (tertiary/aromatic N) is 5. The van der Waals surface area contributed by atoms with Crippen LogP contribution in [0.25, 0.3) is 22.7 Å². The fourth-order valence-corrected chi connectivity index (χ4v) is 2.64. The summed E-state index contributed by atoms with van der Waals surface area (Å²) >= 11 is 0. The van der Waals surface area contributed by atoms with E-state index in [1.807, 2.05) is 36.6 Å². The molecule has 0 saturated heterocycles. The number of imidazole rings is 1. The number of aromatic nitrogens is 5. The molecule has 114 valence electrons. The number of hydrogen-bond donors (Lipinski definition) is 0. The van der Waals surface area contributed by atoms with Gasteiger partial charge >= 0.3 is 5.69 Å². The maximum atomic E-state index is 12.5. The van der Waals surface area contributed by atoms with Gasteiger partial charge in [0.15, 0.2) is 17.0 Å². The molecule has 7 nitrogen and oxygen atoms in total. The number of hydrogen-bond acceptors (Lipinski definition) is 4. The Kier molecular flexibility index (Phi) is 3.40. The van der Waals surface area contributed by atoms with Gasteiger partial charge in [-0.1, -0.05) is 6.07 Å². The van der Waals surface area contributed by atoms with E-state index in [1.54, 1.807) is 6.20 Å². The summed E-state index contributed by atoms with van der Waals surface area (Å²) in [5.41, 5.74) is 0.845. The lowest BCUT2D eigenvalue weighted by atomic mass is 10.3. The van der Waals surface area contributed by atoms with E-state index >= 15 is 0 Å². The third-order valence-corrected chi connectivity index (χ3v) is 3.76. The highest BCUT2D eigenvalue weighted by Crippen LogP contribution is 2.20. The lowest BCUT2D eigenvalue weighted by molar-refractivity contribution is 0.649. The first-order valence-electron chi connectivity index (χ1n) is 7.21. The predicted molar refractivity (Wildman–Crippen MR) is 83.8 cm³/mol. The molecule has 0 amide bonds. The van der Waals surface area contributed by atoms with Crippen molar-refractivity contribution in [3.8, 4) is 11.5 Å². The van der Waals surface area contributed by atoms with E-state index in [0.29, 0.717) is 35.8 Å². The Bertz CT molecular complexity index is 950. The van der Waals surface area contributed by atoms with Crippen LogP contribution in [-0.2, 0) is 20.1 Å². The van der Waals surface area contributed by atoms with Gasteiger partial charge in [-0.2, -0.15) is 0 Å². The van der Waals surface area contributed by atoms with E-state index in [4.69, 9.17) is 0 Å². The summed E-state index contributed by atoms with van der Waals surface area (Å²) in [6, 6.07) is 5.53. The van der Waals surface area contributed by atoms with Gasteiger partial charge in [0, 0.05) is 26.3 Å². The van der Waals surface area contributed by atoms with Crippen molar-refractivity contribution in [2.45, 2.75) is 26.9 Å². The molecule has 3 aromatic heterocycles. The fraction of sp³-hybridized carbons (Fsp3) is 0.333. The molecule has 0 spiro atoms. The Morgan fingerprint density at radius 2 is 1.82 bits per heavy atom. The molecular weight excluding hydrogens is 282 g/mol. The molecule has 0 aliphatic rings. The van der Waals surface area contributed by atoms with Crippen molar-refractivity contribution in [1.29, 1.82) is 0 Å². The lowest BCUT2D eigenvalue weighted by Crippen LogP contribution is -2.38. The summed E-state index contributed by atoms with van der Waals surface area (Å²) in [7, 11) is 1.49. The summed E-state index contributed by atoms with van der Waals surface area (Å²) < 4.78 is 4.45. The van der Waals surface area contributed by atoms with Gasteiger partial charge in [-0.25, -0.2) is 9.78 Å². The van der Waals surface area contributed by atoms with Gasteiger partial charge in [-0.05, 0) is 26.0 Å². The largest absolute Gasteiger partial charge is 0.332 e. The molecule has 7 heteroatoms. The van der Waals surface area contributed by atoms with E-state index < -0.39 is 0 Å². The second-order valence-electron chi connectivity index (χ2n) is 4.96. The molecule has 0 aliphatic carbocycles. The Morgan fingerprint density at radius 3 is 2.41 bits per heavy atom. The van der Waals surface area contributed by atoms with Crippen LogP contribution in [0.5, 0.6) is 0 Å². The van der Waals surface area contributed by atoms with Crippen molar-refractivity contribution in [2.75, 3.05) is 0 Å². The van der Waals surface area contributed by atoms with Crippen molar-refractivity contribution in [3.05, 3.63) is 45.2 Å². The van der Waals surface area contributed by atoms with E-state index in [1.165, 1.54) is 11.6 Å². The monoisotopic (exact) mass is 299 g/mol. The average molecular weight is 299 g/mol. The fourth-order valence-electron chi connectivity index (χ4n) is 2.64. The first-order chi connectivity index (χ1) is 10.6. The van der Waals surface area contributed by atoms with E-state index in [-0.39, 0.29) is 11.2 Å². The molecular formula is C15H17N5O2. The van der Waals surface area contributed by atoms with Crippen LogP contribution < -0.4 is 11.2 Å². The molecule has 0 bridgehead atoms. The molecule has 3 rings (SSSR count). The average Bonchev–Trinajstić information content (AvgIpc) is 2.93. The van der Waals surface area contributed by atoms with Crippen LogP contribution >= 0.6 is 0 Å². The molecule has 3 heterocycles. The van der Waals surface area contributed by atoms with Gasteiger partial charge in [0.2, 0.25) is 0 Å². The molecule has 0 radical (unpaired) electrons. The maximum Gasteiger partial charge on any atom is 0.332 e. The van der Waals surface area contributed by atoms with Gasteiger partial charge in [-0.15, -0.1) is 0 Å². The minimum absolute atomic E-state index is 0.332. The van der Waals surface area contributed by atoms with Crippen molar-refractivity contribution < 1.29 is 0 Å². The Labute approximate surface area is 126 Å². The summed E-state index contributed by atoms with van der Waals surface area (Å²) in [5, 5.41) is 0. The topological polar surface area (TPSA) is 74.7 Å². The SMILES string of the molecule is CCn1c(-c2ccccn2)nc2c1c(=O)n(C)c(=O)n2CC. The second-order valence-corrected chi connectivity index (χ2v) is 4.96. The Balaban J connectivity index is 2.51. The number of pyridine rings is 1. The third-order valence-electron chi connectivity index (χ3n) is 3.76. The van der Waals surface area contributed by atoms with Gasteiger partial charge in [-0.3, -0.25) is 18.9 Å². The Hall–Kier alpha value is -2.70. The van der Waals surface area contributed by atoms with Gasteiger partial charge in [0.25, 0.3) is 5.56 Å². The molecule has 22 heavy (non-hydrogen) atoms. The Morgan fingerprint density at radius 1 is 1.09 bits per heavy atom. The highest BCUT2D eigenvalue weighted by molar-refractivity contribution is 5.76. The van der Waals surface area contributed by atoms with E-state index in [2.05, 4.69) is 9.97 Å². The predicted octanol–water partition coefficient (Wildman–Crippen LogP) is 0.998. The van der Waals surface area contributed by atoms with E-state index in [9.17, 15) is 9.59 Å². The van der Waals surface area contributed by atoms with Crippen LogP contribution in [-0.4, -0.2) is 23.7 Å². The first kappa shape index (κ1) is 14.2. The summed E-state index contributed by atoms with van der Waals surface area (Å²) in [5.74, 6) is 0.600. The molecule has 0 saturated carbocycles. The summed E-state index contributed by atoms with van der Waals surface area (Å²) in [6.45, 7) is 4.82. The van der Waals surface area contributed by atoms with Gasteiger partial charge < -0.3 is 4.57 Å². The lowest BCUT2D eigenvalue weighted by Gasteiger charge is -2.07. The van der Waals surface area contributed by atoms with Crippen molar-refractivity contribution >= 4 is 11.2 Å². The van der Waals surface area contributed by atoms with Crippen molar-refractivity contribution in [3.63, 3.8) is 0 Å². The smallest absolute Gasteiger partial charge is 0.317 e. The molecule has 0 unspecified atom stereocenters. The molecule has 0 fully saturated rings. The van der Waals surface area contributed by atoms with Crippen LogP contribution in [0.4, 0.5) is 0 Å². The zero-order valence-corrected chi connectivity index (χ0v) is 12.8. The van der Waals surface area contributed by atoms with Gasteiger partial charge in [0.1, 0.15) is 5.69 Å². The number of fused-ring (bicyclic) bond motifs is 1. The highest BCUT2D eigenvalue weighted by Gasteiger charge is 2.20. The minimum Gasteiger partial charge on any atom is -0.317 e. The van der Waals surface area contributed by atoms with Crippen molar-refractivity contribution in [1.82, 2.24) is 23.7 Å². The van der Waals surface area contributed by atoms with Crippen LogP contribution in [0.1, 0.15) is 13.8 Å². The van der Waals surface area contributed by atoms with Gasteiger partial charge in [0.05, 0.1) is 0 Å². The van der Waals surface area contributed by atoms with Crippen LogP contribution in [0, 0.1) is 0 Å². The maximum absolute atomic E-state index is 12.5. The summed E-state index contributed by atoms with van der Waals surface area (Å²) in [6.07, 6.45) is 1.68. The molecule has 3 aromatic rings. The van der Waals surface area contributed by atoms with Crippen LogP contribution in [0.15, 0.2) is 34.0 Å². The first-order valence-corrected chi connectivity index (χ1v) is 7.21. The second kappa shape index (κ2) is 5.25. The summed E-state index contributed by atoms with van der Waals surface area (Å²) in [4.78, 5) is 33.6. The number of aryl methyl sites for hydroxylation is 2. The molecule has 0 atom stereocenters. The number of rotatable bonds is 3. The normalized spacial score (nSPS) is 11.2.